The molecule has 2 heterocycles. The van der Waals surface area contributed by atoms with Gasteiger partial charge in [0.2, 0.25) is 0 Å². The summed E-state index contributed by atoms with van der Waals surface area (Å²) in [4.78, 5) is 2.69. The summed E-state index contributed by atoms with van der Waals surface area (Å²) in [5.41, 5.74) is 7.57. The summed E-state index contributed by atoms with van der Waals surface area (Å²) in [6.07, 6.45) is 4.25. The van der Waals surface area contributed by atoms with Gasteiger partial charge >= 0.3 is 0 Å². The second-order valence-electron chi connectivity index (χ2n) is 9.99. The summed E-state index contributed by atoms with van der Waals surface area (Å²) in [5.74, 6) is -0.182. The molecular weight excluding hydrogens is 518 g/mol. The van der Waals surface area contributed by atoms with E-state index < -0.39 is 6.10 Å². The molecule has 2 fully saturated rings. The smallest absolute Gasteiger partial charge is 0.123 e. The molecular formula is C32H40Cl2FN2O-. The molecule has 5 rings (SSSR count). The van der Waals surface area contributed by atoms with Crippen LogP contribution in [0.25, 0.3) is 16.7 Å². The molecule has 206 valence electrons. The average molecular weight is 559 g/mol. The molecule has 0 atom stereocenters. The first-order valence-corrected chi connectivity index (χ1v) is 13.3. The molecule has 0 radical (unpaired) electrons. The van der Waals surface area contributed by atoms with Gasteiger partial charge in [0.1, 0.15) is 5.82 Å². The second kappa shape index (κ2) is 16.0. The molecule has 3 nitrogen and oxygen atoms in total. The Morgan fingerprint density at radius 2 is 1.26 bits per heavy atom. The van der Waals surface area contributed by atoms with Crippen LogP contribution in [-0.2, 0) is 0 Å². The number of nitrogens with zero attached hydrogens (tertiary/aromatic N) is 1. The molecule has 0 unspecified atom stereocenters. The Morgan fingerprint density at radius 3 is 1.79 bits per heavy atom. The molecule has 0 saturated carbocycles. The number of rotatable bonds is 4. The van der Waals surface area contributed by atoms with E-state index in [1.807, 2.05) is 18.2 Å². The highest BCUT2D eigenvalue weighted by Crippen LogP contribution is 2.34. The molecule has 6 heteroatoms. The number of hydrogen-bond acceptors (Lipinski definition) is 3. The fourth-order valence-electron chi connectivity index (χ4n) is 5.23. The van der Waals surface area contributed by atoms with Crippen molar-refractivity contribution < 1.29 is 9.50 Å². The van der Waals surface area contributed by atoms with Crippen molar-refractivity contribution in [1.82, 2.24) is 10.2 Å². The highest BCUT2D eigenvalue weighted by Gasteiger charge is 2.25. The van der Waals surface area contributed by atoms with Gasteiger partial charge in [-0.15, -0.1) is 30.9 Å². The van der Waals surface area contributed by atoms with Gasteiger partial charge in [0.05, 0.1) is 0 Å². The molecule has 3 aromatic rings. The summed E-state index contributed by atoms with van der Waals surface area (Å²) >= 11 is 0. The van der Waals surface area contributed by atoms with Gasteiger partial charge in [-0.2, -0.15) is 0 Å². The van der Waals surface area contributed by atoms with E-state index in [9.17, 15) is 9.50 Å². The Bertz CT molecular complexity index is 1100. The van der Waals surface area contributed by atoms with Crippen molar-refractivity contribution in [2.24, 2.45) is 0 Å². The lowest BCUT2D eigenvalue weighted by molar-refractivity contribution is -0.407. The summed E-state index contributed by atoms with van der Waals surface area (Å²) in [5, 5.41) is 13.0. The van der Waals surface area contributed by atoms with E-state index in [1.165, 1.54) is 40.7 Å². The van der Waals surface area contributed by atoms with Crippen LogP contribution in [0.15, 0.2) is 84.4 Å². The summed E-state index contributed by atoms with van der Waals surface area (Å²) in [7, 11) is 0. The highest BCUT2D eigenvalue weighted by atomic mass is 35.5. The van der Waals surface area contributed by atoms with Crippen LogP contribution in [0.4, 0.5) is 4.39 Å². The molecule has 0 aliphatic carbocycles. The Labute approximate surface area is 240 Å². The maximum atomic E-state index is 13.7. The van der Waals surface area contributed by atoms with Gasteiger partial charge in [-0.05, 0) is 78.7 Å². The minimum atomic E-state index is -0.417. The SMILES string of the molecule is CC(C)[O-].Cl.Cl.Fc1ccc(C(=C2CCN(C3CCNCC3)CC2)c2ccc(-c3ccccc3)cc2)cc1. The molecule has 2 aliphatic rings. The van der Waals surface area contributed by atoms with Gasteiger partial charge < -0.3 is 10.4 Å². The quantitative estimate of drug-likeness (QED) is 0.386. The van der Waals surface area contributed by atoms with E-state index in [0.717, 1.165) is 50.6 Å². The fourth-order valence-corrected chi connectivity index (χ4v) is 5.23. The van der Waals surface area contributed by atoms with E-state index in [2.05, 4.69) is 58.7 Å². The molecule has 2 saturated heterocycles. The first-order chi connectivity index (χ1) is 17.5. The van der Waals surface area contributed by atoms with E-state index in [4.69, 9.17) is 0 Å². The van der Waals surface area contributed by atoms with Crippen molar-refractivity contribution in [2.45, 2.75) is 51.7 Å². The van der Waals surface area contributed by atoms with Crippen LogP contribution in [0.2, 0.25) is 0 Å². The Morgan fingerprint density at radius 1 is 0.789 bits per heavy atom. The van der Waals surface area contributed by atoms with Crippen LogP contribution in [-0.4, -0.2) is 43.2 Å². The number of hydrogen-bond donors (Lipinski definition) is 1. The second-order valence-corrected chi connectivity index (χ2v) is 9.99. The lowest BCUT2D eigenvalue weighted by Crippen LogP contribution is -2.45. The van der Waals surface area contributed by atoms with E-state index in [1.54, 1.807) is 26.0 Å². The first-order valence-electron chi connectivity index (χ1n) is 13.3. The van der Waals surface area contributed by atoms with Crippen molar-refractivity contribution in [3.05, 3.63) is 101 Å². The van der Waals surface area contributed by atoms with Crippen LogP contribution in [0.5, 0.6) is 0 Å². The van der Waals surface area contributed by atoms with Gasteiger partial charge in [0.25, 0.3) is 0 Å². The fraction of sp³-hybridized carbons (Fsp3) is 0.375. The van der Waals surface area contributed by atoms with Crippen molar-refractivity contribution in [2.75, 3.05) is 26.2 Å². The number of nitrogens with one attached hydrogen (secondary N) is 1. The minimum Gasteiger partial charge on any atom is -0.852 e. The van der Waals surface area contributed by atoms with Crippen molar-refractivity contribution in [1.29, 1.82) is 0 Å². The topological polar surface area (TPSA) is 38.3 Å². The Balaban J connectivity index is 0.000000791. The maximum absolute atomic E-state index is 13.7. The molecule has 0 bridgehead atoms. The zero-order chi connectivity index (χ0) is 25.3. The molecule has 0 aromatic heterocycles. The van der Waals surface area contributed by atoms with Crippen LogP contribution in [0.3, 0.4) is 0 Å². The van der Waals surface area contributed by atoms with Crippen molar-refractivity contribution >= 4 is 30.4 Å². The summed E-state index contributed by atoms with van der Waals surface area (Å²) < 4.78 is 13.7. The van der Waals surface area contributed by atoms with Crippen LogP contribution in [0.1, 0.15) is 50.7 Å². The molecule has 1 N–H and O–H groups in total. The predicted octanol–water partition coefficient (Wildman–Crippen LogP) is 6.74. The van der Waals surface area contributed by atoms with Crippen molar-refractivity contribution in [3.8, 4) is 11.1 Å². The maximum Gasteiger partial charge on any atom is 0.123 e. The van der Waals surface area contributed by atoms with E-state index >= 15 is 0 Å². The zero-order valence-corrected chi connectivity index (χ0v) is 24.0. The largest absolute Gasteiger partial charge is 0.852 e. The molecule has 0 spiro atoms. The van der Waals surface area contributed by atoms with Gasteiger partial charge in [-0.1, -0.05) is 86.2 Å². The normalized spacial score (nSPS) is 16.1. The standard InChI is InChI=1S/C29H31FN2.C3H7O.2ClH/c30-27-12-10-25(11-13-27)29(24-8-6-23(7-9-24)22-4-2-1-3-5-22)26-16-20-32(21-17-26)28-14-18-31-19-15-28;1-3(2)4;;/h1-13,28,31H,14-21H2;3H,1-2H3;2*1H/q;-1;;. The third kappa shape index (κ3) is 8.93. The third-order valence-corrected chi connectivity index (χ3v) is 6.99. The van der Waals surface area contributed by atoms with Crippen LogP contribution >= 0.6 is 24.8 Å². The molecule has 0 amide bonds. The monoisotopic (exact) mass is 557 g/mol. The van der Waals surface area contributed by atoms with E-state index in [0.29, 0.717) is 0 Å². The summed E-state index contributed by atoms with van der Waals surface area (Å²) in [6.45, 7) is 7.73. The lowest BCUT2D eigenvalue weighted by Gasteiger charge is -2.38. The van der Waals surface area contributed by atoms with Gasteiger partial charge in [0.15, 0.2) is 0 Å². The van der Waals surface area contributed by atoms with Crippen LogP contribution in [0, 0.1) is 5.82 Å². The van der Waals surface area contributed by atoms with Crippen molar-refractivity contribution in [3.63, 3.8) is 0 Å². The van der Waals surface area contributed by atoms with E-state index in [-0.39, 0.29) is 30.6 Å². The average Bonchev–Trinajstić information content (AvgIpc) is 2.91. The first kappa shape index (κ1) is 32.0. The van der Waals surface area contributed by atoms with Gasteiger partial charge in [-0.3, -0.25) is 4.90 Å². The third-order valence-electron chi connectivity index (χ3n) is 6.99. The molecule has 38 heavy (non-hydrogen) atoms. The Hall–Kier alpha value is -2.21. The lowest BCUT2D eigenvalue weighted by atomic mass is 9.87. The predicted molar refractivity (Wildman–Crippen MR) is 161 cm³/mol. The highest BCUT2D eigenvalue weighted by molar-refractivity contribution is 5.86. The van der Waals surface area contributed by atoms with Gasteiger partial charge in [0, 0.05) is 19.1 Å². The molecule has 3 aromatic carbocycles. The number of piperidine rings is 2. The van der Waals surface area contributed by atoms with Crippen LogP contribution < -0.4 is 10.4 Å². The summed E-state index contributed by atoms with van der Waals surface area (Å²) in [6, 6.07) is 27.1. The number of benzene rings is 3. The zero-order valence-electron chi connectivity index (χ0n) is 22.4. The number of halogens is 3. The number of likely N-dealkylation sites (tertiary alicyclic amines) is 1. The minimum absolute atomic E-state index is 0. The van der Waals surface area contributed by atoms with Gasteiger partial charge in [-0.25, -0.2) is 4.39 Å². The molecule has 2 aliphatic heterocycles. The Kier molecular flexibility index (Phi) is 13.5.